The van der Waals surface area contributed by atoms with Gasteiger partial charge in [0, 0.05) is 16.8 Å². The summed E-state index contributed by atoms with van der Waals surface area (Å²) >= 11 is 6.12. The number of aromatic nitrogens is 1. The lowest BCUT2D eigenvalue weighted by Crippen LogP contribution is -2.20. The second-order valence-corrected chi connectivity index (χ2v) is 4.50. The Hall–Kier alpha value is -2.20. The van der Waals surface area contributed by atoms with Gasteiger partial charge in [-0.15, -0.1) is 0 Å². The fourth-order valence-electron chi connectivity index (χ4n) is 1.93. The second kappa shape index (κ2) is 4.82. The van der Waals surface area contributed by atoms with E-state index in [2.05, 4.69) is 10.1 Å². The van der Waals surface area contributed by atoms with Gasteiger partial charge in [-0.1, -0.05) is 35.9 Å². The van der Waals surface area contributed by atoms with Gasteiger partial charge in [-0.2, -0.15) is 10.1 Å². The second-order valence-electron chi connectivity index (χ2n) is 4.10. The molecule has 0 fully saturated rings. The molecule has 0 aliphatic carbocycles. The summed E-state index contributed by atoms with van der Waals surface area (Å²) in [5, 5.41) is 6.24. The third-order valence-electron chi connectivity index (χ3n) is 2.83. The normalized spacial score (nSPS) is 14.7. The molecule has 94 valence electrons. The van der Waals surface area contributed by atoms with E-state index in [-0.39, 0.29) is 12.3 Å². The van der Waals surface area contributed by atoms with Gasteiger partial charge in [0.1, 0.15) is 0 Å². The van der Waals surface area contributed by atoms with Crippen molar-refractivity contribution in [2.24, 2.45) is 5.10 Å². The Balaban J connectivity index is 1.99. The molecular formula is C14H10ClN3O. The van der Waals surface area contributed by atoms with Gasteiger partial charge >= 0.3 is 0 Å². The molecule has 1 aliphatic heterocycles. The number of hydrogen-bond donors (Lipinski definition) is 0. The molecule has 3 rings (SSSR count). The van der Waals surface area contributed by atoms with Crippen molar-refractivity contribution in [2.75, 3.05) is 5.01 Å². The maximum absolute atomic E-state index is 12.0. The lowest BCUT2D eigenvalue weighted by molar-refractivity contribution is -0.116. The molecular weight excluding hydrogens is 262 g/mol. The average molecular weight is 272 g/mol. The Morgan fingerprint density at radius 3 is 2.63 bits per heavy atom. The van der Waals surface area contributed by atoms with E-state index in [0.717, 1.165) is 5.56 Å². The summed E-state index contributed by atoms with van der Waals surface area (Å²) in [5.74, 6) is 0.420. The average Bonchev–Trinajstić information content (AvgIpc) is 2.82. The van der Waals surface area contributed by atoms with Crippen molar-refractivity contribution in [1.29, 1.82) is 0 Å². The van der Waals surface area contributed by atoms with Crippen LogP contribution in [0.1, 0.15) is 12.0 Å². The van der Waals surface area contributed by atoms with Crippen LogP contribution in [0.15, 0.2) is 53.8 Å². The summed E-state index contributed by atoms with van der Waals surface area (Å²) in [6, 6.07) is 12.7. The maximum Gasteiger partial charge on any atom is 0.254 e. The van der Waals surface area contributed by atoms with Crippen LogP contribution in [-0.4, -0.2) is 16.6 Å². The van der Waals surface area contributed by atoms with Crippen molar-refractivity contribution in [3.8, 4) is 0 Å². The molecule has 0 spiro atoms. The molecule has 1 aromatic carbocycles. The van der Waals surface area contributed by atoms with E-state index in [9.17, 15) is 4.79 Å². The van der Waals surface area contributed by atoms with Crippen molar-refractivity contribution < 1.29 is 4.79 Å². The number of nitrogens with zero attached hydrogens (tertiary/aromatic N) is 3. The Morgan fingerprint density at radius 1 is 1.11 bits per heavy atom. The van der Waals surface area contributed by atoms with Crippen LogP contribution in [0.2, 0.25) is 5.02 Å². The van der Waals surface area contributed by atoms with Crippen LogP contribution in [0.4, 0.5) is 5.82 Å². The molecule has 0 bridgehead atoms. The first-order valence-electron chi connectivity index (χ1n) is 5.82. The smallest absolute Gasteiger partial charge is 0.254 e. The quantitative estimate of drug-likeness (QED) is 0.843. The van der Waals surface area contributed by atoms with Gasteiger partial charge < -0.3 is 0 Å². The molecule has 2 aromatic rings. The van der Waals surface area contributed by atoms with Crippen LogP contribution in [0, 0.1) is 0 Å². The van der Waals surface area contributed by atoms with Crippen molar-refractivity contribution in [1.82, 2.24) is 4.98 Å². The number of rotatable bonds is 2. The van der Waals surface area contributed by atoms with Gasteiger partial charge in [0.2, 0.25) is 0 Å². The summed E-state index contributed by atoms with van der Waals surface area (Å²) in [4.78, 5) is 16.1. The third-order valence-corrected chi connectivity index (χ3v) is 3.16. The van der Waals surface area contributed by atoms with Crippen LogP contribution in [-0.2, 0) is 4.79 Å². The highest BCUT2D eigenvalue weighted by molar-refractivity contribution is 6.35. The standard InChI is InChI=1S/C14H10ClN3O/c15-11-6-2-1-5-10(11)12-9-14(19)18(17-12)13-7-3-4-8-16-13/h1-8H,9H2. The van der Waals surface area contributed by atoms with Crippen LogP contribution in [0.3, 0.4) is 0 Å². The minimum absolute atomic E-state index is 0.103. The third kappa shape index (κ3) is 2.22. The van der Waals surface area contributed by atoms with E-state index in [0.29, 0.717) is 16.6 Å². The summed E-state index contributed by atoms with van der Waals surface area (Å²) in [5.41, 5.74) is 1.46. The lowest BCUT2D eigenvalue weighted by atomic mass is 10.1. The van der Waals surface area contributed by atoms with Gasteiger partial charge in [-0.3, -0.25) is 4.79 Å². The van der Waals surface area contributed by atoms with Crippen LogP contribution in [0.25, 0.3) is 0 Å². The lowest BCUT2D eigenvalue weighted by Gasteiger charge is -2.09. The number of benzene rings is 1. The zero-order valence-corrected chi connectivity index (χ0v) is 10.7. The minimum Gasteiger partial charge on any atom is -0.272 e. The van der Waals surface area contributed by atoms with Crippen molar-refractivity contribution in [3.05, 3.63) is 59.2 Å². The molecule has 5 heteroatoms. The topological polar surface area (TPSA) is 45.6 Å². The fourth-order valence-corrected chi connectivity index (χ4v) is 2.18. The first-order chi connectivity index (χ1) is 9.25. The van der Waals surface area contributed by atoms with Crippen LogP contribution in [0.5, 0.6) is 0 Å². The molecule has 0 radical (unpaired) electrons. The zero-order chi connectivity index (χ0) is 13.2. The Kier molecular flexibility index (Phi) is 3.01. The van der Waals surface area contributed by atoms with Gasteiger partial charge in [0.25, 0.3) is 5.91 Å². The van der Waals surface area contributed by atoms with Crippen molar-refractivity contribution >= 4 is 29.0 Å². The van der Waals surface area contributed by atoms with Crippen LogP contribution >= 0.6 is 11.6 Å². The Morgan fingerprint density at radius 2 is 1.89 bits per heavy atom. The van der Waals surface area contributed by atoms with E-state index in [1.807, 2.05) is 24.3 Å². The molecule has 0 atom stereocenters. The monoisotopic (exact) mass is 271 g/mol. The number of pyridine rings is 1. The predicted molar refractivity (Wildman–Crippen MR) is 74.3 cm³/mol. The molecule has 2 heterocycles. The van der Waals surface area contributed by atoms with Crippen LogP contribution < -0.4 is 5.01 Å². The van der Waals surface area contributed by atoms with Gasteiger partial charge in [-0.05, 0) is 18.2 Å². The molecule has 4 nitrogen and oxygen atoms in total. The molecule has 0 saturated carbocycles. The summed E-state index contributed by atoms with van der Waals surface area (Å²) in [6.45, 7) is 0. The molecule has 0 unspecified atom stereocenters. The number of amides is 1. The number of hydrazone groups is 1. The van der Waals surface area contributed by atoms with E-state index in [1.165, 1.54) is 5.01 Å². The molecule has 1 amide bonds. The predicted octanol–water partition coefficient (Wildman–Crippen LogP) is 2.88. The molecule has 1 aliphatic rings. The summed E-state index contributed by atoms with van der Waals surface area (Å²) in [6.07, 6.45) is 1.87. The summed E-state index contributed by atoms with van der Waals surface area (Å²) < 4.78 is 0. The van der Waals surface area contributed by atoms with Gasteiger partial charge in [0.05, 0.1) is 12.1 Å². The van der Waals surface area contributed by atoms with E-state index >= 15 is 0 Å². The fraction of sp³-hybridized carbons (Fsp3) is 0.0714. The number of anilines is 1. The van der Waals surface area contributed by atoms with E-state index in [1.54, 1.807) is 24.4 Å². The Labute approximate surface area is 115 Å². The number of carbonyl (C=O) groups is 1. The summed E-state index contributed by atoms with van der Waals surface area (Å²) in [7, 11) is 0. The molecule has 0 N–H and O–H groups in total. The highest BCUT2D eigenvalue weighted by atomic mass is 35.5. The zero-order valence-electron chi connectivity index (χ0n) is 9.95. The largest absolute Gasteiger partial charge is 0.272 e. The maximum atomic E-state index is 12.0. The van der Waals surface area contributed by atoms with E-state index < -0.39 is 0 Å². The minimum atomic E-state index is -0.103. The number of halogens is 1. The number of hydrogen-bond acceptors (Lipinski definition) is 3. The van der Waals surface area contributed by atoms with Gasteiger partial charge in [-0.25, -0.2) is 4.98 Å². The Bertz CT molecular complexity index is 655. The van der Waals surface area contributed by atoms with Gasteiger partial charge in [0.15, 0.2) is 5.82 Å². The van der Waals surface area contributed by atoms with Crippen molar-refractivity contribution in [2.45, 2.75) is 6.42 Å². The first-order valence-corrected chi connectivity index (χ1v) is 6.20. The highest BCUT2D eigenvalue weighted by Crippen LogP contribution is 2.24. The SMILES string of the molecule is O=C1CC(c2ccccc2Cl)=NN1c1ccccn1. The van der Waals surface area contributed by atoms with E-state index in [4.69, 9.17) is 11.6 Å². The molecule has 19 heavy (non-hydrogen) atoms. The number of carbonyl (C=O) groups excluding carboxylic acids is 1. The highest BCUT2D eigenvalue weighted by Gasteiger charge is 2.27. The first kappa shape index (κ1) is 11.9. The van der Waals surface area contributed by atoms with Crippen molar-refractivity contribution in [3.63, 3.8) is 0 Å². The molecule has 1 aromatic heterocycles. The molecule has 0 saturated heterocycles.